The molecule has 2 aromatic rings. The molecule has 23 heavy (non-hydrogen) atoms. The van der Waals surface area contributed by atoms with E-state index >= 15 is 0 Å². The van der Waals surface area contributed by atoms with Crippen molar-refractivity contribution in [1.29, 1.82) is 0 Å². The van der Waals surface area contributed by atoms with Crippen LogP contribution in [0.15, 0.2) is 40.0 Å². The number of fused-ring (bicyclic) bond motifs is 1. The number of nitrogens with zero attached hydrogens (tertiary/aromatic N) is 1. The predicted molar refractivity (Wildman–Crippen MR) is 89.7 cm³/mol. The minimum atomic E-state index is -3.57. The lowest BCUT2D eigenvalue weighted by atomic mass is 9.81. The van der Waals surface area contributed by atoms with Gasteiger partial charge < -0.3 is 10.7 Å². The number of sulfonamides is 1. The second kappa shape index (κ2) is 5.43. The standard InChI is InChI=1S/C16H21N3O3S/c1-16(2)10-19(8-7-14(16)17)23(21,22)12-4-5-13-11(9-12)3-6-15(20)18-13/h3-6,9,14H,7-8,10,17H2,1-2H3,(H,18,20). The average Bonchev–Trinajstić information content (AvgIpc) is 2.49. The first-order valence-electron chi connectivity index (χ1n) is 7.59. The Kier molecular flexibility index (Phi) is 3.82. The third kappa shape index (κ3) is 2.91. The highest BCUT2D eigenvalue weighted by Gasteiger charge is 2.38. The van der Waals surface area contributed by atoms with Crippen molar-refractivity contribution in [3.8, 4) is 0 Å². The number of benzene rings is 1. The number of piperidine rings is 1. The lowest BCUT2D eigenvalue weighted by Crippen LogP contribution is -2.53. The summed E-state index contributed by atoms with van der Waals surface area (Å²) in [6.07, 6.45) is 0.646. The van der Waals surface area contributed by atoms with E-state index in [1.807, 2.05) is 13.8 Å². The maximum atomic E-state index is 12.9. The van der Waals surface area contributed by atoms with Crippen LogP contribution in [0, 0.1) is 5.41 Å². The summed E-state index contributed by atoms with van der Waals surface area (Å²) in [7, 11) is -3.57. The number of aromatic nitrogens is 1. The Morgan fingerprint density at radius 1 is 1.26 bits per heavy atom. The van der Waals surface area contributed by atoms with Crippen LogP contribution in [-0.4, -0.2) is 36.8 Å². The van der Waals surface area contributed by atoms with E-state index in [9.17, 15) is 13.2 Å². The van der Waals surface area contributed by atoms with Crippen molar-refractivity contribution in [2.24, 2.45) is 11.1 Å². The molecule has 0 spiro atoms. The minimum Gasteiger partial charge on any atom is -0.327 e. The molecule has 1 fully saturated rings. The van der Waals surface area contributed by atoms with Crippen LogP contribution in [0.4, 0.5) is 0 Å². The zero-order chi connectivity index (χ0) is 16.8. The first kappa shape index (κ1) is 16.2. The van der Waals surface area contributed by atoms with Crippen LogP contribution >= 0.6 is 0 Å². The number of aromatic amines is 1. The van der Waals surface area contributed by atoms with E-state index in [0.29, 0.717) is 30.4 Å². The van der Waals surface area contributed by atoms with Gasteiger partial charge in [0.2, 0.25) is 15.6 Å². The molecular formula is C16H21N3O3S. The molecule has 3 rings (SSSR count). The van der Waals surface area contributed by atoms with E-state index in [-0.39, 0.29) is 21.9 Å². The molecule has 0 radical (unpaired) electrons. The van der Waals surface area contributed by atoms with Gasteiger partial charge in [-0.2, -0.15) is 4.31 Å². The van der Waals surface area contributed by atoms with Crippen molar-refractivity contribution in [3.05, 3.63) is 40.7 Å². The molecule has 1 aromatic carbocycles. The van der Waals surface area contributed by atoms with Gasteiger partial charge >= 0.3 is 0 Å². The van der Waals surface area contributed by atoms with E-state index in [4.69, 9.17) is 5.73 Å². The molecule has 0 saturated carbocycles. The molecule has 1 saturated heterocycles. The SMILES string of the molecule is CC1(C)CN(S(=O)(=O)c2ccc3[nH]c(=O)ccc3c2)CCC1N. The second-order valence-electron chi connectivity index (χ2n) is 6.79. The number of H-pyrrole nitrogens is 1. The Bertz CT molecular complexity index is 902. The highest BCUT2D eigenvalue weighted by Crippen LogP contribution is 2.31. The Morgan fingerprint density at radius 3 is 2.70 bits per heavy atom. The van der Waals surface area contributed by atoms with Gasteiger partial charge in [-0.1, -0.05) is 13.8 Å². The fourth-order valence-corrected chi connectivity index (χ4v) is 4.63. The third-order valence-corrected chi connectivity index (χ3v) is 6.45. The zero-order valence-electron chi connectivity index (χ0n) is 13.2. The van der Waals surface area contributed by atoms with Gasteiger partial charge in [0.1, 0.15) is 0 Å². The van der Waals surface area contributed by atoms with Gasteiger partial charge in [0.05, 0.1) is 4.90 Å². The molecule has 0 aliphatic carbocycles. The fraction of sp³-hybridized carbons (Fsp3) is 0.438. The van der Waals surface area contributed by atoms with Crippen molar-refractivity contribution < 1.29 is 8.42 Å². The van der Waals surface area contributed by atoms with Gasteiger partial charge in [-0.3, -0.25) is 4.79 Å². The van der Waals surface area contributed by atoms with E-state index in [1.54, 1.807) is 18.2 Å². The van der Waals surface area contributed by atoms with Crippen LogP contribution in [-0.2, 0) is 10.0 Å². The van der Waals surface area contributed by atoms with E-state index in [2.05, 4.69) is 4.98 Å². The molecule has 1 aliphatic rings. The number of nitrogens with one attached hydrogen (secondary N) is 1. The second-order valence-corrected chi connectivity index (χ2v) is 8.73. The predicted octanol–water partition coefficient (Wildman–Crippen LogP) is 1.28. The molecule has 2 heterocycles. The number of hydrogen-bond acceptors (Lipinski definition) is 4. The summed E-state index contributed by atoms with van der Waals surface area (Å²) in [6, 6.07) is 7.78. The average molecular weight is 335 g/mol. The number of hydrogen-bond donors (Lipinski definition) is 2. The number of pyridine rings is 1. The molecule has 1 unspecified atom stereocenters. The monoisotopic (exact) mass is 335 g/mol. The summed E-state index contributed by atoms with van der Waals surface area (Å²) in [6.45, 7) is 4.81. The van der Waals surface area contributed by atoms with Crippen LogP contribution in [0.25, 0.3) is 10.9 Å². The maximum absolute atomic E-state index is 12.9. The lowest BCUT2D eigenvalue weighted by Gasteiger charge is -2.41. The molecule has 1 aromatic heterocycles. The molecule has 7 heteroatoms. The normalized spacial score (nSPS) is 22.3. The van der Waals surface area contributed by atoms with E-state index in [0.717, 1.165) is 0 Å². The van der Waals surface area contributed by atoms with Gasteiger partial charge in [-0.05, 0) is 41.5 Å². The largest absolute Gasteiger partial charge is 0.327 e. The molecule has 124 valence electrons. The lowest BCUT2D eigenvalue weighted by molar-refractivity contribution is 0.155. The quantitative estimate of drug-likeness (QED) is 0.864. The molecule has 0 amide bonds. The third-order valence-electron chi connectivity index (χ3n) is 4.61. The molecule has 0 bridgehead atoms. The number of nitrogens with two attached hydrogens (primary N) is 1. The van der Waals surface area contributed by atoms with Gasteiger partial charge in [0.15, 0.2) is 0 Å². The fourth-order valence-electron chi connectivity index (χ4n) is 2.97. The topological polar surface area (TPSA) is 96.3 Å². The summed E-state index contributed by atoms with van der Waals surface area (Å²) >= 11 is 0. The molecular weight excluding hydrogens is 314 g/mol. The van der Waals surface area contributed by atoms with Gasteiger partial charge in [-0.25, -0.2) is 8.42 Å². The van der Waals surface area contributed by atoms with Crippen LogP contribution < -0.4 is 11.3 Å². The van der Waals surface area contributed by atoms with E-state index < -0.39 is 10.0 Å². The summed E-state index contributed by atoms with van der Waals surface area (Å²) in [5.74, 6) is 0. The zero-order valence-corrected chi connectivity index (χ0v) is 14.1. The van der Waals surface area contributed by atoms with Crippen LogP contribution in [0.1, 0.15) is 20.3 Å². The Morgan fingerprint density at radius 2 is 2.00 bits per heavy atom. The van der Waals surface area contributed by atoms with Gasteiger partial charge in [-0.15, -0.1) is 0 Å². The van der Waals surface area contributed by atoms with Crippen LogP contribution in [0.3, 0.4) is 0 Å². The Hall–Kier alpha value is -1.70. The summed E-state index contributed by atoms with van der Waals surface area (Å²) in [5.41, 5.74) is 6.25. The van der Waals surface area contributed by atoms with Gasteiger partial charge in [0.25, 0.3) is 0 Å². The highest BCUT2D eigenvalue weighted by atomic mass is 32.2. The Balaban J connectivity index is 1.99. The smallest absolute Gasteiger partial charge is 0.248 e. The van der Waals surface area contributed by atoms with Crippen molar-refractivity contribution in [2.45, 2.75) is 31.2 Å². The summed E-state index contributed by atoms with van der Waals surface area (Å²) < 4.78 is 27.3. The molecule has 3 N–H and O–H groups in total. The van der Waals surface area contributed by atoms with Crippen LogP contribution in [0.5, 0.6) is 0 Å². The molecule has 1 aliphatic heterocycles. The van der Waals surface area contributed by atoms with E-state index in [1.165, 1.54) is 16.4 Å². The van der Waals surface area contributed by atoms with Gasteiger partial charge in [0, 0.05) is 30.7 Å². The highest BCUT2D eigenvalue weighted by molar-refractivity contribution is 7.89. The summed E-state index contributed by atoms with van der Waals surface area (Å²) in [4.78, 5) is 14.2. The van der Waals surface area contributed by atoms with Crippen molar-refractivity contribution >= 4 is 20.9 Å². The molecule has 1 atom stereocenters. The first-order chi connectivity index (χ1) is 10.7. The van der Waals surface area contributed by atoms with Crippen molar-refractivity contribution in [2.75, 3.05) is 13.1 Å². The number of rotatable bonds is 2. The maximum Gasteiger partial charge on any atom is 0.248 e. The van der Waals surface area contributed by atoms with Crippen molar-refractivity contribution in [1.82, 2.24) is 9.29 Å². The summed E-state index contributed by atoms with van der Waals surface area (Å²) in [5, 5.41) is 0.693. The molecule has 6 nitrogen and oxygen atoms in total. The minimum absolute atomic E-state index is 0.00405. The first-order valence-corrected chi connectivity index (χ1v) is 9.03. The van der Waals surface area contributed by atoms with Crippen molar-refractivity contribution in [3.63, 3.8) is 0 Å². The Labute approximate surface area is 135 Å². The van der Waals surface area contributed by atoms with Crippen LogP contribution in [0.2, 0.25) is 0 Å².